The van der Waals surface area contributed by atoms with E-state index < -0.39 is 0 Å². The number of carbonyl (C=O) groups excluding carboxylic acids is 1. The van der Waals surface area contributed by atoms with E-state index in [0.717, 1.165) is 17.3 Å². The topological polar surface area (TPSA) is 80.3 Å². The summed E-state index contributed by atoms with van der Waals surface area (Å²) < 4.78 is 10.9. The normalized spacial score (nSPS) is 17.0. The molecule has 1 amide bonds. The first kappa shape index (κ1) is 15.4. The van der Waals surface area contributed by atoms with E-state index in [9.17, 15) is 4.79 Å². The van der Waals surface area contributed by atoms with Crippen LogP contribution in [0.1, 0.15) is 16.8 Å². The number of hydrogen-bond donors (Lipinski definition) is 1. The Hall–Kier alpha value is -3.09. The molecule has 2 aromatic heterocycles. The maximum absolute atomic E-state index is 12.8. The van der Waals surface area contributed by atoms with Crippen LogP contribution in [-0.2, 0) is 0 Å². The van der Waals surface area contributed by atoms with Crippen molar-refractivity contribution < 1.29 is 14.3 Å². The number of fused-ring (bicyclic) bond motifs is 1. The molecule has 4 rings (SSSR count). The number of amides is 1. The van der Waals surface area contributed by atoms with Gasteiger partial charge in [0.2, 0.25) is 11.8 Å². The number of methoxy groups -OCH3 is 1. The second-order valence-corrected chi connectivity index (χ2v) is 5.93. The van der Waals surface area contributed by atoms with E-state index >= 15 is 0 Å². The average molecular weight is 338 g/mol. The number of aromatic nitrogens is 3. The number of benzene rings is 1. The summed E-state index contributed by atoms with van der Waals surface area (Å²) in [6.45, 7) is 1.18. The van der Waals surface area contributed by atoms with Crippen LogP contribution in [0.15, 0.2) is 42.9 Å². The van der Waals surface area contributed by atoms with E-state index in [0.29, 0.717) is 30.4 Å². The molecule has 128 valence electrons. The SMILES string of the molecule is COc1cncc(OC2CCN(C(=O)c3c[nH]c4ccccc34)C2)n1. The van der Waals surface area contributed by atoms with Crippen molar-refractivity contribution in [3.63, 3.8) is 0 Å². The highest BCUT2D eigenvalue weighted by Gasteiger charge is 2.29. The van der Waals surface area contributed by atoms with Gasteiger partial charge in [-0.15, -0.1) is 0 Å². The molecule has 1 aliphatic heterocycles. The van der Waals surface area contributed by atoms with Gasteiger partial charge in [0.05, 0.1) is 31.6 Å². The first-order valence-electron chi connectivity index (χ1n) is 8.12. The summed E-state index contributed by atoms with van der Waals surface area (Å²) in [5, 5.41) is 0.940. The van der Waals surface area contributed by atoms with Gasteiger partial charge in [-0.3, -0.25) is 9.78 Å². The van der Waals surface area contributed by atoms with Gasteiger partial charge in [-0.2, -0.15) is 4.98 Å². The molecule has 3 aromatic rings. The maximum Gasteiger partial charge on any atom is 0.256 e. The number of rotatable bonds is 4. The molecule has 1 aliphatic rings. The predicted octanol–water partition coefficient (Wildman–Crippen LogP) is 2.26. The van der Waals surface area contributed by atoms with Crippen molar-refractivity contribution in [3.05, 3.63) is 48.4 Å². The summed E-state index contributed by atoms with van der Waals surface area (Å²) in [7, 11) is 1.53. The van der Waals surface area contributed by atoms with Gasteiger partial charge in [0.1, 0.15) is 6.10 Å². The van der Waals surface area contributed by atoms with E-state index in [1.54, 1.807) is 12.4 Å². The first-order chi connectivity index (χ1) is 12.2. The lowest BCUT2D eigenvalue weighted by atomic mass is 10.1. The number of ether oxygens (including phenoxy) is 2. The van der Waals surface area contributed by atoms with E-state index in [4.69, 9.17) is 9.47 Å². The predicted molar refractivity (Wildman–Crippen MR) is 91.8 cm³/mol. The van der Waals surface area contributed by atoms with Crippen LogP contribution in [0.4, 0.5) is 0 Å². The highest BCUT2D eigenvalue weighted by Crippen LogP contribution is 2.23. The Morgan fingerprint density at radius 3 is 3.00 bits per heavy atom. The van der Waals surface area contributed by atoms with Crippen LogP contribution >= 0.6 is 0 Å². The van der Waals surface area contributed by atoms with Crippen molar-refractivity contribution in [2.24, 2.45) is 0 Å². The quantitative estimate of drug-likeness (QED) is 0.789. The fourth-order valence-electron chi connectivity index (χ4n) is 3.08. The van der Waals surface area contributed by atoms with Crippen molar-refractivity contribution in [2.75, 3.05) is 20.2 Å². The summed E-state index contributed by atoms with van der Waals surface area (Å²) >= 11 is 0. The standard InChI is InChI=1S/C18H18N4O3/c1-24-16-9-19-10-17(21-16)25-12-6-7-22(11-12)18(23)14-8-20-15-5-3-2-4-13(14)15/h2-5,8-10,12,20H,6-7,11H2,1H3. The van der Waals surface area contributed by atoms with Gasteiger partial charge < -0.3 is 19.4 Å². The second-order valence-electron chi connectivity index (χ2n) is 5.93. The molecule has 1 unspecified atom stereocenters. The minimum absolute atomic E-state index is 0.0141. The summed E-state index contributed by atoms with van der Waals surface area (Å²) in [6.07, 6.45) is 5.50. The zero-order chi connectivity index (χ0) is 17.2. The number of likely N-dealkylation sites (tertiary alicyclic amines) is 1. The lowest BCUT2D eigenvalue weighted by Crippen LogP contribution is -2.30. The van der Waals surface area contributed by atoms with Crippen LogP contribution in [-0.4, -0.2) is 52.1 Å². The minimum atomic E-state index is -0.101. The van der Waals surface area contributed by atoms with Crippen molar-refractivity contribution in [1.29, 1.82) is 0 Å². The molecular formula is C18H18N4O3. The fourth-order valence-corrected chi connectivity index (χ4v) is 3.08. The smallest absolute Gasteiger partial charge is 0.256 e. The molecule has 0 bridgehead atoms. The zero-order valence-corrected chi connectivity index (χ0v) is 13.8. The number of carbonyl (C=O) groups is 1. The number of nitrogens with one attached hydrogen (secondary N) is 1. The van der Waals surface area contributed by atoms with E-state index in [2.05, 4.69) is 15.0 Å². The number of aromatic amines is 1. The second kappa shape index (κ2) is 6.43. The fraction of sp³-hybridized carbons (Fsp3) is 0.278. The molecular weight excluding hydrogens is 320 g/mol. The molecule has 0 radical (unpaired) electrons. The monoisotopic (exact) mass is 338 g/mol. The molecule has 1 saturated heterocycles. The lowest BCUT2D eigenvalue weighted by Gasteiger charge is -2.16. The zero-order valence-electron chi connectivity index (χ0n) is 13.8. The number of H-pyrrole nitrogens is 1. The third kappa shape index (κ3) is 3.00. The Morgan fingerprint density at radius 2 is 2.12 bits per heavy atom. The molecule has 1 aromatic carbocycles. The summed E-state index contributed by atoms with van der Waals surface area (Å²) in [5.41, 5.74) is 1.65. The minimum Gasteiger partial charge on any atom is -0.480 e. The summed E-state index contributed by atoms with van der Waals surface area (Å²) in [6, 6.07) is 7.80. The highest BCUT2D eigenvalue weighted by molar-refractivity contribution is 6.06. The van der Waals surface area contributed by atoms with Crippen LogP contribution < -0.4 is 9.47 Å². The van der Waals surface area contributed by atoms with Crippen LogP contribution in [0.2, 0.25) is 0 Å². The van der Waals surface area contributed by atoms with Crippen molar-refractivity contribution in [1.82, 2.24) is 19.9 Å². The van der Waals surface area contributed by atoms with Crippen LogP contribution in [0.25, 0.3) is 10.9 Å². The molecule has 7 heteroatoms. The van der Waals surface area contributed by atoms with Gasteiger partial charge in [-0.25, -0.2) is 0 Å². The van der Waals surface area contributed by atoms with Gasteiger partial charge in [-0.1, -0.05) is 18.2 Å². The Balaban J connectivity index is 1.46. The number of para-hydroxylation sites is 1. The Bertz CT molecular complexity index is 908. The van der Waals surface area contributed by atoms with E-state index in [-0.39, 0.29) is 12.0 Å². The summed E-state index contributed by atoms with van der Waals surface area (Å²) in [5.74, 6) is 0.827. The molecule has 1 N–H and O–H groups in total. The Morgan fingerprint density at radius 1 is 1.28 bits per heavy atom. The number of hydrogen-bond acceptors (Lipinski definition) is 5. The van der Waals surface area contributed by atoms with E-state index in [1.165, 1.54) is 13.3 Å². The van der Waals surface area contributed by atoms with Crippen LogP contribution in [0, 0.1) is 0 Å². The number of nitrogens with zero attached hydrogens (tertiary/aromatic N) is 3. The van der Waals surface area contributed by atoms with Gasteiger partial charge in [0.25, 0.3) is 5.91 Å². The molecule has 1 fully saturated rings. The van der Waals surface area contributed by atoms with E-state index in [1.807, 2.05) is 29.2 Å². The Labute approximate surface area is 144 Å². The molecule has 25 heavy (non-hydrogen) atoms. The molecule has 0 aliphatic carbocycles. The van der Waals surface area contributed by atoms with Gasteiger partial charge in [0, 0.05) is 30.1 Å². The highest BCUT2D eigenvalue weighted by atomic mass is 16.5. The molecule has 0 saturated carbocycles. The largest absolute Gasteiger partial charge is 0.480 e. The average Bonchev–Trinajstić information content (AvgIpc) is 3.28. The summed E-state index contributed by atoms with van der Waals surface area (Å²) in [4.78, 5) is 26.0. The molecule has 0 spiro atoms. The Kier molecular flexibility index (Phi) is 3.97. The van der Waals surface area contributed by atoms with Crippen molar-refractivity contribution in [3.8, 4) is 11.8 Å². The van der Waals surface area contributed by atoms with Gasteiger partial charge in [-0.05, 0) is 6.07 Å². The van der Waals surface area contributed by atoms with Crippen LogP contribution in [0.5, 0.6) is 11.8 Å². The molecule has 3 heterocycles. The van der Waals surface area contributed by atoms with Gasteiger partial charge >= 0.3 is 0 Å². The first-order valence-corrected chi connectivity index (χ1v) is 8.12. The third-order valence-corrected chi connectivity index (χ3v) is 4.34. The third-order valence-electron chi connectivity index (χ3n) is 4.34. The van der Waals surface area contributed by atoms with Gasteiger partial charge in [0.15, 0.2) is 0 Å². The molecule has 1 atom stereocenters. The van der Waals surface area contributed by atoms with Crippen LogP contribution in [0.3, 0.4) is 0 Å². The van der Waals surface area contributed by atoms with Crippen molar-refractivity contribution >= 4 is 16.8 Å². The van der Waals surface area contributed by atoms with Crippen molar-refractivity contribution in [2.45, 2.75) is 12.5 Å². The molecule has 7 nitrogen and oxygen atoms in total. The maximum atomic E-state index is 12.8. The lowest BCUT2D eigenvalue weighted by molar-refractivity contribution is 0.0773.